The summed E-state index contributed by atoms with van der Waals surface area (Å²) in [6, 6.07) is 8.01. The van der Waals surface area contributed by atoms with Gasteiger partial charge in [0.1, 0.15) is 0 Å². The largest absolute Gasteiger partial charge is 0.334 e. The number of rotatable bonds is 2. The fraction of sp³-hybridized carbons (Fsp3) is 0.462. The van der Waals surface area contributed by atoms with Crippen LogP contribution in [0.15, 0.2) is 28.7 Å². The fourth-order valence-corrected chi connectivity index (χ4v) is 2.98. The van der Waals surface area contributed by atoms with Crippen molar-refractivity contribution in [1.29, 1.82) is 0 Å². The van der Waals surface area contributed by atoms with E-state index in [2.05, 4.69) is 15.9 Å². The molecule has 0 saturated carbocycles. The molecule has 92 valence electrons. The molecule has 2 atom stereocenters. The second-order valence-electron chi connectivity index (χ2n) is 4.35. The Labute approximate surface area is 110 Å². The van der Waals surface area contributed by atoms with Crippen molar-refractivity contribution in [2.24, 2.45) is 5.73 Å². The summed E-state index contributed by atoms with van der Waals surface area (Å²) >= 11 is 3.54. The van der Waals surface area contributed by atoms with Crippen molar-refractivity contribution in [3.63, 3.8) is 0 Å². The van der Waals surface area contributed by atoms with Crippen LogP contribution in [0, 0.1) is 0 Å². The van der Waals surface area contributed by atoms with E-state index in [1.807, 2.05) is 36.1 Å². The van der Waals surface area contributed by atoms with Crippen LogP contribution in [0.3, 0.4) is 0 Å². The number of nitrogens with two attached hydrogens (primary N) is 1. The van der Waals surface area contributed by atoms with E-state index in [0.29, 0.717) is 13.0 Å². The van der Waals surface area contributed by atoms with Crippen LogP contribution in [0.5, 0.6) is 0 Å². The van der Waals surface area contributed by atoms with E-state index >= 15 is 0 Å². The summed E-state index contributed by atoms with van der Waals surface area (Å²) in [5.41, 5.74) is 7.30. The summed E-state index contributed by atoms with van der Waals surface area (Å²) in [5.74, 6) is 0.204. The Morgan fingerprint density at radius 3 is 2.82 bits per heavy atom. The summed E-state index contributed by atoms with van der Waals surface area (Å²) in [6.07, 6.45) is 1.33. The first-order chi connectivity index (χ1) is 8.15. The monoisotopic (exact) mass is 296 g/mol. The molecule has 1 heterocycles. The van der Waals surface area contributed by atoms with Gasteiger partial charge in [-0.1, -0.05) is 34.1 Å². The van der Waals surface area contributed by atoms with Crippen LogP contribution in [-0.4, -0.2) is 23.4 Å². The van der Waals surface area contributed by atoms with E-state index in [9.17, 15) is 4.79 Å². The van der Waals surface area contributed by atoms with Gasteiger partial charge in [-0.3, -0.25) is 4.79 Å². The molecule has 1 aliphatic heterocycles. The number of hydrogen-bond donors (Lipinski definition) is 1. The number of likely N-dealkylation sites (tertiary alicyclic amines) is 1. The molecule has 3 nitrogen and oxygen atoms in total. The molecule has 0 spiro atoms. The van der Waals surface area contributed by atoms with E-state index < -0.39 is 0 Å². The van der Waals surface area contributed by atoms with Crippen LogP contribution in [0.2, 0.25) is 0 Å². The maximum Gasteiger partial charge on any atom is 0.223 e. The third kappa shape index (κ3) is 2.38. The van der Waals surface area contributed by atoms with Gasteiger partial charge < -0.3 is 10.6 Å². The molecule has 1 aliphatic rings. The molecule has 1 aromatic rings. The number of carbonyl (C=O) groups is 1. The highest BCUT2D eigenvalue weighted by Gasteiger charge is 2.34. The van der Waals surface area contributed by atoms with Gasteiger partial charge >= 0.3 is 0 Å². The Morgan fingerprint density at radius 1 is 1.47 bits per heavy atom. The van der Waals surface area contributed by atoms with Crippen LogP contribution < -0.4 is 5.73 Å². The minimum atomic E-state index is -0.00294. The van der Waals surface area contributed by atoms with Crippen LogP contribution in [0.1, 0.15) is 31.4 Å². The first-order valence-electron chi connectivity index (χ1n) is 5.94. The topological polar surface area (TPSA) is 46.3 Å². The lowest BCUT2D eigenvalue weighted by molar-refractivity contribution is -0.137. The van der Waals surface area contributed by atoms with Gasteiger partial charge in [-0.25, -0.2) is 0 Å². The van der Waals surface area contributed by atoms with E-state index in [1.54, 1.807) is 0 Å². The zero-order chi connectivity index (χ0) is 12.4. The van der Waals surface area contributed by atoms with Gasteiger partial charge in [0.15, 0.2) is 0 Å². The standard InChI is InChI=1S/C13H17BrN2O/c1-2-16-12(17)8-7-11(15)13(16)9-5-3-4-6-10(9)14/h3-6,11,13H,2,7-8,15H2,1H3. The van der Waals surface area contributed by atoms with Crippen molar-refractivity contribution in [2.45, 2.75) is 31.8 Å². The SMILES string of the molecule is CCN1C(=O)CCC(N)C1c1ccccc1Br. The Balaban J connectivity index is 2.39. The van der Waals surface area contributed by atoms with Crippen molar-refractivity contribution in [3.05, 3.63) is 34.3 Å². The molecule has 1 amide bonds. The van der Waals surface area contributed by atoms with E-state index in [-0.39, 0.29) is 18.0 Å². The summed E-state index contributed by atoms with van der Waals surface area (Å²) in [7, 11) is 0. The maximum absolute atomic E-state index is 11.9. The molecule has 2 unspecified atom stereocenters. The number of hydrogen-bond acceptors (Lipinski definition) is 2. The molecule has 2 rings (SSSR count). The molecule has 0 bridgehead atoms. The average Bonchev–Trinajstić information content (AvgIpc) is 2.33. The summed E-state index contributed by atoms with van der Waals surface area (Å²) in [5, 5.41) is 0. The zero-order valence-corrected chi connectivity index (χ0v) is 11.5. The lowest BCUT2D eigenvalue weighted by atomic mass is 9.90. The Kier molecular flexibility index (Phi) is 3.84. The number of likely N-dealkylation sites (N-methyl/N-ethyl adjacent to an activating group) is 1. The molecule has 17 heavy (non-hydrogen) atoms. The number of carbonyl (C=O) groups excluding carboxylic acids is 1. The van der Waals surface area contributed by atoms with Gasteiger partial charge in [-0.05, 0) is 25.0 Å². The van der Waals surface area contributed by atoms with Crippen molar-refractivity contribution < 1.29 is 4.79 Å². The van der Waals surface area contributed by atoms with E-state index in [0.717, 1.165) is 16.5 Å². The Morgan fingerprint density at radius 2 is 2.18 bits per heavy atom. The van der Waals surface area contributed by atoms with Gasteiger partial charge in [0.05, 0.1) is 6.04 Å². The highest BCUT2D eigenvalue weighted by atomic mass is 79.9. The lowest BCUT2D eigenvalue weighted by Crippen LogP contribution is -2.48. The van der Waals surface area contributed by atoms with Gasteiger partial charge in [0, 0.05) is 23.5 Å². The number of piperidine rings is 1. The second-order valence-corrected chi connectivity index (χ2v) is 5.20. The summed E-state index contributed by atoms with van der Waals surface area (Å²) < 4.78 is 1.02. The van der Waals surface area contributed by atoms with Gasteiger partial charge in [-0.15, -0.1) is 0 Å². The molecule has 0 aromatic heterocycles. The molecule has 0 aliphatic carbocycles. The van der Waals surface area contributed by atoms with Crippen LogP contribution in [0.4, 0.5) is 0 Å². The molecular weight excluding hydrogens is 280 g/mol. The third-order valence-electron chi connectivity index (χ3n) is 3.32. The van der Waals surface area contributed by atoms with Crippen molar-refractivity contribution >= 4 is 21.8 Å². The first kappa shape index (κ1) is 12.6. The van der Waals surface area contributed by atoms with Gasteiger partial charge in [0.25, 0.3) is 0 Å². The predicted octanol–water partition coefficient (Wildman–Crippen LogP) is 2.46. The zero-order valence-electron chi connectivity index (χ0n) is 9.90. The second kappa shape index (κ2) is 5.19. The van der Waals surface area contributed by atoms with Gasteiger partial charge in [-0.2, -0.15) is 0 Å². The van der Waals surface area contributed by atoms with E-state index in [1.165, 1.54) is 0 Å². The molecule has 1 aromatic carbocycles. The number of amides is 1. The van der Waals surface area contributed by atoms with Crippen LogP contribution in [0.25, 0.3) is 0 Å². The molecule has 1 fully saturated rings. The van der Waals surface area contributed by atoms with Crippen LogP contribution >= 0.6 is 15.9 Å². The van der Waals surface area contributed by atoms with Gasteiger partial charge in [0.2, 0.25) is 5.91 Å². The van der Waals surface area contributed by atoms with Crippen molar-refractivity contribution in [3.8, 4) is 0 Å². The lowest BCUT2D eigenvalue weighted by Gasteiger charge is -2.39. The number of benzene rings is 1. The molecule has 4 heteroatoms. The smallest absolute Gasteiger partial charge is 0.223 e. The van der Waals surface area contributed by atoms with Crippen LogP contribution in [-0.2, 0) is 4.79 Å². The molecule has 0 radical (unpaired) electrons. The number of halogens is 1. The van der Waals surface area contributed by atoms with Crippen molar-refractivity contribution in [2.75, 3.05) is 6.54 Å². The predicted molar refractivity (Wildman–Crippen MR) is 71.5 cm³/mol. The average molecular weight is 297 g/mol. The number of nitrogens with zero attached hydrogens (tertiary/aromatic N) is 1. The quantitative estimate of drug-likeness (QED) is 0.911. The summed E-state index contributed by atoms with van der Waals surface area (Å²) in [4.78, 5) is 13.8. The van der Waals surface area contributed by atoms with E-state index in [4.69, 9.17) is 5.73 Å². The molecule has 1 saturated heterocycles. The first-order valence-corrected chi connectivity index (χ1v) is 6.74. The third-order valence-corrected chi connectivity index (χ3v) is 4.04. The minimum Gasteiger partial charge on any atom is -0.334 e. The minimum absolute atomic E-state index is 0.00294. The summed E-state index contributed by atoms with van der Waals surface area (Å²) in [6.45, 7) is 2.71. The van der Waals surface area contributed by atoms with Crippen molar-refractivity contribution in [1.82, 2.24) is 4.90 Å². The normalized spacial score (nSPS) is 25.1. The molecular formula is C13H17BrN2O. The maximum atomic E-state index is 11.9. The highest BCUT2D eigenvalue weighted by Crippen LogP contribution is 2.34. The highest BCUT2D eigenvalue weighted by molar-refractivity contribution is 9.10. The fourth-order valence-electron chi connectivity index (χ4n) is 2.46. The Bertz CT molecular complexity index is 422. The Hall–Kier alpha value is -0.870. The molecule has 2 N–H and O–H groups in total.